The zero-order valence-corrected chi connectivity index (χ0v) is 17.3. The highest BCUT2D eigenvalue weighted by molar-refractivity contribution is 5.76. The molecule has 0 saturated carbocycles. The van der Waals surface area contributed by atoms with Crippen LogP contribution in [0, 0.1) is 12.8 Å². The second-order valence-electron chi connectivity index (χ2n) is 6.23. The second kappa shape index (κ2) is 20.7. The fraction of sp³-hybridized carbons (Fsp3) is 0.478. The summed E-state index contributed by atoms with van der Waals surface area (Å²) in [5.74, 6) is -0.640. The quantitative estimate of drug-likeness (QED) is 0.425. The maximum atomic E-state index is 13.6. The molecule has 0 fully saturated rings. The van der Waals surface area contributed by atoms with E-state index in [-0.39, 0.29) is 24.2 Å². The van der Waals surface area contributed by atoms with Crippen molar-refractivity contribution in [3.8, 4) is 12.8 Å². The van der Waals surface area contributed by atoms with Crippen LogP contribution in [-0.2, 0) is 16.0 Å². The monoisotopic (exact) mass is 390 g/mol. The van der Waals surface area contributed by atoms with E-state index in [1.54, 1.807) is 6.08 Å². The van der Waals surface area contributed by atoms with Gasteiger partial charge < -0.3 is 11.1 Å². The predicted molar refractivity (Wildman–Crippen MR) is 115 cm³/mol. The third-order valence-electron chi connectivity index (χ3n) is 3.60. The molecule has 1 aromatic carbocycles. The maximum Gasteiger partial charge on any atom is 0.220 e. The largest absolute Gasteiger partial charge is 0.370 e. The molecule has 0 unspecified atom stereocenters. The molecule has 0 heterocycles. The Morgan fingerprint density at radius 2 is 1.68 bits per heavy atom. The number of benzene rings is 1. The standard InChI is InChI=1S/C19H28FNO.C2H5NO.C2H2/c1-2-3-4-5-9-15-19(22)21-16-18(20)14-10-13-17-11-7-6-8-12-17;1-2(3)4;1-2/h6-8,11-12,14H,2-5,9-10,13,15-16H2,1H3,(H,21,22);1H3,(H2,3,4);1-2H/b18-14-;;. The number of primary amides is 1. The van der Waals surface area contributed by atoms with Crippen LogP contribution in [0.5, 0.6) is 0 Å². The van der Waals surface area contributed by atoms with E-state index in [0.29, 0.717) is 12.8 Å². The van der Waals surface area contributed by atoms with E-state index in [1.807, 2.05) is 30.3 Å². The molecule has 0 atom stereocenters. The number of terminal acetylenes is 1. The zero-order valence-electron chi connectivity index (χ0n) is 17.3. The summed E-state index contributed by atoms with van der Waals surface area (Å²) >= 11 is 0. The zero-order chi connectivity index (χ0) is 21.6. The Bertz CT molecular complexity index is 564. The minimum Gasteiger partial charge on any atom is -0.370 e. The summed E-state index contributed by atoms with van der Waals surface area (Å²) in [7, 11) is 0. The molecular weight excluding hydrogens is 355 g/mol. The first kappa shape index (κ1) is 27.6. The third-order valence-corrected chi connectivity index (χ3v) is 3.60. The molecule has 3 N–H and O–H groups in total. The summed E-state index contributed by atoms with van der Waals surface area (Å²) < 4.78 is 13.6. The van der Waals surface area contributed by atoms with Crippen LogP contribution in [-0.4, -0.2) is 18.4 Å². The first-order valence-corrected chi connectivity index (χ1v) is 9.70. The molecule has 28 heavy (non-hydrogen) atoms. The molecule has 5 heteroatoms. The molecular formula is C23H35FN2O2. The van der Waals surface area contributed by atoms with E-state index in [2.05, 4.69) is 30.8 Å². The van der Waals surface area contributed by atoms with Crippen LogP contribution in [0.15, 0.2) is 42.2 Å². The van der Waals surface area contributed by atoms with Crippen LogP contribution < -0.4 is 11.1 Å². The highest BCUT2D eigenvalue weighted by atomic mass is 19.1. The number of halogens is 1. The van der Waals surface area contributed by atoms with Crippen molar-refractivity contribution >= 4 is 11.8 Å². The highest BCUT2D eigenvalue weighted by Crippen LogP contribution is 2.07. The van der Waals surface area contributed by atoms with Gasteiger partial charge in [0, 0.05) is 13.3 Å². The van der Waals surface area contributed by atoms with Gasteiger partial charge in [0.05, 0.1) is 6.54 Å². The summed E-state index contributed by atoms with van der Waals surface area (Å²) in [6, 6.07) is 10.0. The lowest BCUT2D eigenvalue weighted by Gasteiger charge is -2.04. The Kier molecular flexibility index (Phi) is 20.4. The molecule has 0 radical (unpaired) electrons. The summed E-state index contributed by atoms with van der Waals surface area (Å²) in [6.45, 7) is 3.49. The smallest absolute Gasteiger partial charge is 0.220 e. The van der Waals surface area contributed by atoms with Crippen LogP contribution in [0.25, 0.3) is 0 Å². The average Bonchev–Trinajstić information content (AvgIpc) is 2.68. The summed E-state index contributed by atoms with van der Waals surface area (Å²) in [5, 5.41) is 2.64. The number of allylic oxidation sites excluding steroid dienone is 1. The number of nitrogens with two attached hydrogens (primary N) is 1. The number of unbranched alkanes of at least 4 members (excludes halogenated alkanes) is 4. The van der Waals surface area contributed by atoms with Crippen molar-refractivity contribution in [3.63, 3.8) is 0 Å². The first-order chi connectivity index (χ1) is 13.5. The van der Waals surface area contributed by atoms with Crippen LogP contribution in [0.2, 0.25) is 0 Å². The first-order valence-electron chi connectivity index (χ1n) is 9.70. The van der Waals surface area contributed by atoms with Crippen molar-refractivity contribution in [3.05, 3.63) is 47.8 Å². The van der Waals surface area contributed by atoms with Crippen LogP contribution in [0.1, 0.15) is 64.4 Å². The number of hydrogen-bond donors (Lipinski definition) is 2. The van der Waals surface area contributed by atoms with Gasteiger partial charge in [-0.15, -0.1) is 12.8 Å². The van der Waals surface area contributed by atoms with Gasteiger partial charge in [-0.25, -0.2) is 4.39 Å². The number of nitrogens with one attached hydrogen (secondary N) is 1. The predicted octanol–water partition coefficient (Wildman–Crippen LogP) is 4.69. The van der Waals surface area contributed by atoms with Gasteiger partial charge in [0.2, 0.25) is 11.8 Å². The number of hydrogen-bond acceptors (Lipinski definition) is 2. The van der Waals surface area contributed by atoms with Gasteiger partial charge in [0.25, 0.3) is 0 Å². The Morgan fingerprint density at radius 3 is 2.25 bits per heavy atom. The molecule has 1 aromatic rings. The van der Waals surface area contributed by atoms with E-state index in [4.69, 9.17) is 0 Å². The number of aryl methyl sites for hydroxylation is 1. The van der Waals surface area contributed by atoms with Gasteiger partial charge >= 0.3 is 0 Å². The van der Waals surface area contributed by atoms with Crippen molar-refractivity contribution in [1.82, 2.24) is 5.32 Å². The fourth-order valence-corrected chi connectivity index (χ4v) is 2.27. The normalized spacial score (nSPS) is 9.96. The molecule has 156 valence electrons. The van der Waals surface area contributed by atoms with E-state index >= 15 is 0 Å². The van der Waals surface area contributed by atoms with Gasteiger partial charge in [-0.2, -0.15) is 0 Å². The van der Waals surface area contributed by atoms with E-state index in [0.717, 1.165) is 19.3 Å². The molecule has 0 aliphatic heterocycles. The molecule has 1 rings (SSSR count). The molecule has 0 spiro atoms. The average molecular weight is 391 g/mol. The van der Waals surface area contributed by atoms with Crippen LogP contribution in [0.4, 0.5) is 4.39 Å². The lowest BCUT2D eigenvalue weighted by molar-refractivity contribution is -0.121. The van der Waals surface area contributed by atoms with Crippen molar-refractivity contribution in [2.75, 3.05) is 6.54 Å². The Hall–Kier alpha value is -2.61. The maximum absolute atomic E-state index is 13.6. The Labute approximate surface area is 169 Å². The van der Waals surface area contributed by atoms with Gasteiger partial charge in [-0.1, -0.05) is 69.0 Å². The molecule has 0 bridgehead atoms. The minimum absolute atomic E-state index is 0.0165. The molecule has 0 aliphatic rings. The summed E-state index contributed by atoms with van der Waals surface area (Å²) in [5.41, 5.74) is 5.67. The van der Waals surface area contributed by atoms with Gasteiger partial charge in [0.1, 0.15) is 5.83 Å². The van der Waals surface area contributed by atoms with Crippen molar-refractivity contribution in [1.29, 1.82) is 0 Å². The number of rotatable bonds is 11. The van der Waals surface area contributed by atoms with E-state index in [9.17, 15) is 14.0 Å². The highest BCUT2D eigenvalue weighted by Gasteiger charge is 2.02. The molecule has 2 amide bonds. The minimum atomic E-state index is -0.333. The van der Waals surface area contributed by atoms with Crippen LogP contribution >= 0.6 is 0 Å². The molecule has 4 nitrogen and oxygen atoms in total. The topological polar surface area (TPSA) is 72.2 Å². The molecule has 0 aliphatic carbocycles. The van der Waals surface area contributed by atoms with Gasteiger partial charge in [0.15, 0.2) is 0 Å². The van der Waals surface area contributed by atoms with Crippen molar-refractivity contribution in [2.24, 2.45) is 5.73 Å². The second-order valence-corrected chi connectivity index (χ2v) is 6.23. The van der Waals surface area contributed by atoms with Crippen molar-refractivity contribution < 1.29 is 14.0 Å². The Morgan fingerprint density at radius 1 is 1.11 bits per heavy atom. The SMILES string of the molecule is C#C.CC(N)=O.CCCCCCCC(=O)NC/C(F)=C/CCc1ccccc1. The van der Waals surface area contributed by atoms with Gasteiger partial charge in [-0.05, 0) is 24.8 Å². The molecule has 0 aromatic heterocycles. The summed E-state index contributed by atoms with van der Waals surface area (Å²) in [6.07, 6.45) is 17.1. The molecule has 0 saturated heterocycles. The third kappa shape index (κ3) is 21.4. The van der Waals surface area contributed by atoms with E-state index < -0.39 is 0 Å². The van der Waals surface area contributed by atoms with Crippen LogP contribution in [0.3, 0.4) is 0 Å². The number of amides is 2. The number of carbonyl (C=O) groups excluding carboxylic acids is 2. The lowest BCUT2D eigenvalue weighted by atomic mass is 10.1. The van der Waals surface area contributed by atoms with E-state index in [1.165, 1.54) is 31.7 Å². The fourth-order valence-electron chi connectivity index (χ4n) is 2.27. The Balaban J connectivity index is 0. The summed E-state index contributed by atoms with van der Waals surface area (Å²) in [4.78, 5) is 20.8. The number of carbonyl (C=O) groups is 2. The lowest BCUT2D eigenvalue weighted by Crippen LogP contribution is -2.24. The van der Waals surface area contributed by atoms with Gasteiger partial charge in [-0.3, -0.25) is 9.59 Å². The van der Waals surface area contributed by atoms with Crippen molar-refractivity contribution in [2.45, 2.75) is 65.2 Å².